The van der Waals surface area contributed by atoms with E-state index in [9.17, 15) is 4.79 Å². The molecule has 0 saturated carbocycles. The number of pyridine rings is 1. The first-order valence-corrected chi connectivity index (χ1v) is 9.61. The second-order valence-electron chi connectivity index (χ2n) is 7.02. The molecule has 2 aliphatic rings. The van der Waals surface area contributed by atoms with Crippen molar-refractivity contribution in [1.29, 1.82) is 0 Å². The number of carbonyl (C=O) groups is 1. The van der Waals surface area contributed by atoms with E-state index < -0.39 is 11.9 Å². The minimum Gasteiger partial charge on any atom is -0.479 e. The fraction of sp³-hybridized carbons (Fsp3) is 0.300. The van der Waals surface area contributed by atoms with Crippen LogP contribution in [0.5, 0.6) is 5.75 Å². The number of ether oxygens (including phenoxy) is 1. The number of fused-ring (bicyclic) bond motifs is 2. The molecule has 5 rings (SSSR count). The van der Waals surface area contributed by atoms with Gasteiger partial charge in [0.2, 0.25) is 0 Å². The highest BCUT2D eigenvalue weighted by Gasteiger charge is 2.36. The zero-order valence-corrected chi connectivity index (χ0v) is 15.7. The van der Waals surface area contributed by atoms with Crippen LogP contribution in [-0.4, -0.2) is 53.1 Å². The summed E-state index contributed by atoms with van der Waals surface area (Å²) in [7, 11) is 0. The van der Waals surface area contributed by atoms with Gasteiger partial charge in [-0.15, -0.1) is 0 Å². The molecule has 4 heterocycles. The number of hydrogen-bond acceptors (Lipinski definition) is 4. The van der Waals surface area contributed by atoms with E-state index in [0.29, 0.717) is 36.5 Å². The molecule has 2 N–H and O–H groups in total. The molecule has 0 unspecified atom stereocenters. The number of amides is 1. The third-order valence-corrected chi connectivity index (χ3v) is 5.62. The summed E-state index contributed by atoms with van der Waals surface area (Å²) in [6.45, 7) is 2.82. The van der Waals surface area contributed by atoms with Crippen LogP contribution in [0.25, 0.3) is 22.2 Å². The molecule has 1 fully saturated rings. The Balaban J connectivity index is 1.57. The normalized spacial score (nSPS) is 18.9. The Bertz CT molecular complexity index is 1080. The van der Waals surface area contributed by atoms with Crippen LogP contribution in [0.2, 0.25) is 5.02 Å². The van der Waals surface area contributed by atoms with Gasteiger partial charge >= 0.3 is 0 Å². The summed E-state index contributed by atoms with van der Waals surface area (Å²) < 4.78 is 21.1. The fourth-order valence-electron chi connectivity index (χ4n) is 3.98. The van der Waals surface area contributed by atoms with E-state index in [-0.39, 0.29) is 16.5 Å². The molecule has 6 nitrogen and oxygen atoms in total. The van der Waals surface area contributed by atoms with E-state index in [2.05, 4.69) is 15.3 Å². The molecule has 0 radical (unpaired) electrons. The smallest absolute Gasteiger partial charge is 0.264 e. The van der Waals surface area contributed by atoms with Crippen molar-refractivity contribution in [2.24, 2.45) is 0 Å². The molecule has 0 aliphatic carbocycles. The van der Waals surface area contributed by atoms with E-state index in [0.717, 1.165) is 24.0 Å². The topological polar surface area (TPSA) is 70.2 Å². The standard InChI is InChI=1S/C20H18ClFN4O2/c21-14-9-11-10-15(20(27)26-7-5-23-6-8-26)28-18(11)16(17(14)22)12-1-3-24-19-13(12)2-4-25-19/h1-4,9,15,23H,5-8,10H2,(H,24,25)/t15-/m1/s1. The van der Waals surface area contributed by atoms with Crippen LogP contribution in [0.4, 0.5) is 4.39 Å². The van der Waals surface area contributed by atoms with Crippen LogP contribution in [0.1, 0.15) is 5.56 Å². The first kappa shape index (κ1) is 17.5. The molecule has 1 amide bonds. The number of piperazine rings is 1. The highest BCUT2D eigenvalue weighted by molar-refractivity contribution is 6.31. The van der Waals surface area contributed by atoms with Crippen LogP contribution in [0, 0.1) is 5.82 Å². The number of H-pyrrole nitrogens is 1. The van der Waals surface area contributed by atoms with Crippen molar-refractivity contribution in [3.05, 3.63) is 47.0 Å². The van der Waals surface area contributed by atoms with Gasteiger partial charge in [0, 0.05) is 61.5 Å². The van der Waals surface area contributed by atoms with Crippen LogP contribution in [-0.2, 0) is 11.2 Å². The minimum absolute atomic E-state index is 0.0214. The average molecular weight is 401 g/mol. The largest absolute Gasteiger partial charge is 0.479 e. The Kier molecular flexibility index (Phi) is 4.21. The second kappa shape index (κ2) is 6.76. The molecule has 1 saturated heterocycles. The Labute approximate surface area is 165 Å². The van der Waals surface area contributed by atoms with Gasteiger partial charge in [0.15, 0.2) is 11.9 Å². The molecule has 0 spiro atoms. The van der Waals surface area contributed by atoms with Gasteiger partial charge in [-0.05, 0) is 18.2 Å². The average Bonchev–Trinajstić information content (AvgIpc) is 3.36. The summed E-state index contributed by atoms with van der Waals surface area (Å²) in [6, 6.07) is 5.14. The molecule has 1 aromatic carbocycles. The lowest BCUT2D eigenvalue weighted by atomic mass is 9.98. The quantitative estimate of drug-likeness (QED) is 0.694. The third kappa shape index (κ3) is 2.73. The van der Waals surface area contributed by atoms with Crippen molar-refractivity contribution >= 4 is 28.5 Å². The Morgan fingerprint density at radius 2 is 2.14 bits per heavy atom. The van der Waals surface area contributed by atoms with E-state index in [1.807, 2.05) is 6.07 Å². The molecule has 1 atom stereocenters. The van der Waals surface area contributed by atoms with Crippen molar-refractivity contribution in [1.82, 2.24) is 20.2 Å². The predicted octanol–water partition coefficient (Wildman–Crippen LogP) is 2.76. The van der Waals surface area contributed by atoms with E-state index in [1.165, 1.54) is 0 Å². The van der Waals surface area contributed by atoms with Crippen molar-refractivity contribution in [2.75, 3.05) is 26.2 Å². The maximum Gasteiger partial charge on any atom is 0.264 e. The number of aromatic amines is 1. The van der Waals surface area contributed by atoms with Gasteiger partial charge in [0.1, 0.15) is 11.4 Å². The molecule has 0 bridgehead atoms. The first-order chi connectivity index (χ1) is 13.6. The number of aromatic nitrogens is 2. The lowest BCUT2D eigenvalue weighted by Crippen LogP contribution is -2.50. The number of carbonyl (C=O) groups excluding carboxylic acids is 1. The van der Waals surface area contributed by atoms with Crippen molar-refractivity contribution in [3.63, 3.8) is 0 Å². The minimum atomic E-state index is -0.659. The van der Waals surface area contributed by atoms with Crippen molar-refractivity contribution in [2.45, 2.75) is 12.5 Å². The Hall–Kier alpha value is -2.64. The summed E-state index contributed by atoms with van der Waals surface area (Å²) in [5.74, 6) is -0.227. The molecule has 144 valence electrons. The third-order valence-electron chi connectivity index (χ3n) is 5.35. The molecular formula is C20H18ClFN4O2. The number of rotatable bonds is 2. The van der Waals surface area contributed by atoms with Crippen LogP contribution in [0.3, 0.4) is 0 Å². The Morgan fingerprint density at radius 3 is 2.96 bits per heavy atom. The maximum absolute atomic E-state index is 15.1. The number of halogens is 2. The zero-order valence-electron chi connectivity index (χ0n) is 15.0. The lowest BCUT2D eigenvalue weighted by molar-refractivity contribution is -0.138. The van der Waals surface area contributed by atoms with Gasteiger partial charge in [-0.1, -0.05) is 11.6 Å². The summed E-state index contributed by atoms with van der Waals surface area (Å²) in [4.78, 5) is 22.0. The summed E-state index contributed by atoms with van der Waals surface area (Å²) in [5.41, 5.74) is 2.32. The van der Waals surface area contributed by atoms with Gasteiger partial charge in [-0.3, -0.25) is 4.79 Å². The maximum atomic E-state index is 15.1. The van der Waals surface area contributed by atoms with E-state index >= 15 is 4.39 Å². The number of nitrogens with one attached hydrogen (secondary N) is 2. The van der Waals surface area contributed by atoms with Gasteiger partial charge in [-0.2, -0.15) is 0 Å². The molecule has 2 aliphatic heterocycles. The van der Waals surface area contributed by atoms with Gasteiger partial charge in [-0.25, -0.2) is 9.37 Å². The van der Waals surface area contributed by atoms with Crippen molar-refractivity contribution in [3.8, 4) is 16.9 Å². The van der Waals surface area contributed by atoms with Crippen LogP contribution in [0.15, 0.2) is 30.6 Å². The van der Waals surface area contributed by atoms with Crippen LogP contribution < -0.4 is 10.1 Å². The predicted molar refractivity (Wildman–Crippen MR) is 104 cm³/mol. The monoisotopic (exact) mass is 400 g/mol. The molecule has 28 heavy (non-hydrogen) atoms. The summed E-state index contributed by atoms with van der Waals surface area (Å²) >= 11 is 6.19. The SMILES string of the molecule is O=C([C@H]1Cc2cc(Cl)c(F)c(-c3ccnc4[nH]ccc34)c2O1)N1CCNCC1. The van der Waals surface area contributed by atoms with Gasteiger partial charge in [0.25, 0.3) is 5.91 Å². The molecule has 3 aromatic rings. The van der Waals surface area contributed by atoms with Crippen molar-refractivity contribution < 1.29 is 13.9 Å². The molecule has 2 aromatic heterocycles. The first-order valence-electron chi connectivity index (χ1n) is 9.23. The lowest BCUT2D eigenvalue weighted by Gasteiger charge is -2.29. The molecular weight excluding hydrogens is 383 g/mol. The van der Waals surface area contributed by atoms with Crippen LogP contribution >= 0.6 is 11.6 Å². The summed E-state index contributed by atoms with van der Waals surface area (Å²) in [6.07, 6.45) is 3.08. The van der Waals surface area contributed by atoms with E-state index in [4.69, 9.17) is 16.3 Å². The summed E-state index contributed by atoms with van der Waals surface area (Å²) in [5, 5.41) is 4.02. The highest BCUT2D eigenvalue weighted by atomic mass is 35.5. The Morgan fingerprint density at radius 1 is 1.32 bits per heavy atom. The zero-order chi connectivity index (χ0) is 19.3. The fourth-order valence-corrected chi connectivity index (χ4v) is 4.20. The number of nitrogens with zero attached hydrogens (tertiary/aromatic N) is 2. The number of benzene rings is 1. The second-order valence-corrected chi connectivity index (χ2v) is 7.43. The van der Waals surface area contributed by atoms with E-state index in [1.54, 1.807) is 29.4 Å². The number of hydrogen-bond donors (Lipinski definition) is 2. The van der Waals surface area contributed by atoms with Gasteiger partial charge < -0.3 is 19.9 Å². The highest BCUT2D eigenvalue weighted by Crippen LogP contribution is 2.45. The van der Waals surface area contributed by atoms with Gasteiger partial charge in [0.05, 0.1) is 10.6 Å². The molecule has 8 heteroatoms.